The second kappa shape index (κ2) is 5.46. The Morgan fingerprint density at radius 2 is 1.81 bits per heavy atom. The summed E-state index contributed by atoms with van der Waals surface area (Å²) >= 11 is 0. The highest BCUT2D eigenvalue weighted by atomic mass is 16.5. The molecule has 2 atom stereocenters. The Balaban J connectivity index is 1.74. The molecule has 26 heavy (non-hydrogen) atoms. The molecule has 0 aliphatic carbocycles. The zero-order chi connectivity index (χ0) is 17.8. The highest BCUT2D eigenvalue weighted by molar-refractivity contribution is 5.99. The number of anilines is 1. The van der Waals surface area contributed by atoms with Crippen molar-refractivity contribution in [3.63, 3.8) is 0 Å². The molecule has 0 fully saturated rings. The summed E-state index contributed by atoms with van der Waals surface area (Å²) in [6, 6.07) is 18.1. The van der Waals surface area contributed by atoms with Gasteiger partial charge in [-0.1, -0.05) is 36.4 Å². The maximum atomic E-state index is 12.9. The van der Waals surface area contributed by atoms with Crippen LogP contribution in [0, 0.1) is 12.8 Å². The summed E-state index contributed by atoms with van der Waals surface area (Å²) in [6.07, 6.45) is 0. The molecule has 2 aromatic carbocycles. The van der Waals surface area contributed by atoms with E-state index in [4.69, 9.17) is 9.84 Å². The highest BCUT2D eigenvalue weighted by Gasteiger charge is 2.46. The van der Waals surface area contributed by atoms with Crippen LogP contribution in [0.15, 0.2) is 54.6 Å². The number of ether oxygens (including phenoxy) is 1. The standard InChI is InChI=1S/C21H19N3O2/c1-13-18-19-15-10-6-7-11-17(15)23(2)20(25)16(19)12-26-21(18)24(22-13)14-8-4-3-5-9-14/h3-11,16,19H,12H2,1-2H3/t16-,19-/m1/s1. The predicted octanol–water partition coefficient (Wildman–Crippen LogP) is 3.30. The van der Waals surface area contributed by atoms with Crippen molar-refractivity contribution in [2.75, 3.05) is 18.6 Å². The van der Waals surface area contributed by atoms with Gasteiger partial charge in [0.25, 0.3) is 0 Å². The molecule has 2 aliphatic rings. The SMILES string of the molecule is Cc1nn(-c2ccccc2)c2c1[C@@H]1c3ccccc3N(C)C(=O)[C@@H]1CO2. The van der Waals surface area contributed by atoms with Gasteiger partial charge in [0.05, 0.1) is 17.3 Å². The molecule has 5 nitrogen and oxygen atoms in total. The molecule has 1 amide bonds. The van der Waals surface area contributed by atoms with Gasteiger partial charge < -0.3 is 9.64 Å². The monoisotopic (exact) mass is 345 g/mol. The van der Waals surface area contributed by atoms with E-state index in [-0.39, 0.29) is 17.7 Å². The first-order valence-corrected chi connectivity index (χ1v) is 8.81. The first-order valence-electron chi connectivity index (χ1n) is 8.81. The van der Waals surface area contributed by atoms with E-state index in [1.54, 1.807) is 4.90 Å². The van der Waals surface area contributed by atoms with Crippen LogP contribution in [0.1, 0.15) is 22.7 Å². The number of fused-ring (bicyclic) bond motifs is 5. The fourth-order valence-electron chi connectivity index (χ4n) is 4.23. The minimum atomic E-state index is -0.213. The van der Waals surface area contributed by atoms with Crippen molar-refractivity contribution in [2.45, 2.75) is 12.8 Å². The van der Waals surface area contributed by atoms with Crippen LogP contribution < -0.4 is 9.64 Å². The number of hydrogen-bond donors (Lipinski definition) is 0. The lowest BCUT2D eigenvalue weighted by Crippen LogP contribution is -2.45. The lowest BCUT2D eigenvalue weighted by atomic mass is 9.75. The minimum Gasteiger partial charge on any atom is -0.476 e. The quantitative estimate of drug-likeness (QED) is 0.680. The number of carbonyl (C=O) groups is 1. The van der Waals surface area contributed by atoms with E-state index in [0.717, 1.165) is 28.5 Å². The molecule has 130 valence electrons. The van der Waals surface area contributed by atoms with E-state index < -0.39 is 0 Å². The second-order valence-electron chi connectivity index (χ2n) is 6.90. The summed E-state index contributed by atoms with van der Waals surface area (Å²) in [5.74, 6) is 0.624. The average Bonchev–Trinajstić information content (AvgIpc) is 3.03. The van der Waals surface area contributed by atoms with E-state index in [1.165, 1.54) is 5.56 Å². The highest BCUT2D eigenvalue weighted by Crippen LogP contribution is 2.49. The number of nitrogens with zero attached hydrogens (tertiary/aromatic N) is 3. The van der Waals surface area contributed by atoms with Crippen molar-refractivity contribution in [3.8, 4) is 11.6 Å². The third kappa shape index (κ3) is 1.97. The molecule has 0 saturated heterocycles. The largest absolute Gasteiger partial charge is 0.476 e. The predicted molar refractivity (Wildman–Crippen MR) is 99.0 cm³/mol. The number of para-hydroxylation sites is 2. The number of carbonyl (C=O) groups excluding carboxylic acids is 1. The lowest BCUT2D eigenvalue weighted by Gasteiger charge is -2.40. The Kier molecular flexibility index (Phi) is 3.19. The van der Waals surface area contributed by atoms with E-state index in [1.807, 2.05) is 67.2 Å². The summed E-state index contributed by atoms with van der Waals surface area (Å²) in [5.41, 5.74) is 5.03. The third-order valence-electron chi connectivity index (χ3n) is 5.46. The van der Waals surface area contributed by atoms with Crippen molar-refractivity contribution in [2.24, 2.45) is 5.92 Å². The molecular weight excluding hydrogens is 326 g/mol. The fourth-order valence-corrected chi connectivity index (χ4v) is 4.23. The van der Waals surface area contributed by atoms with Crippen molar-refractivity contribution in [1.82, 2.24) is 9.78 Å². The van der Waals surface area contributed by atoms with Gasteiger partial charge in [0.1, 0.15) is 6.61 Å². The van der Waals surface area contributed by atoms with Crippen molar-refractivity contribution >= 4 is 11.6 Å². The van der Waals surface area contributed by atoms with Crippen LogP contribution in [0.25, 0.3) is 5.69 Å². The van der Waals surface area contributed by atoms with Gasteiger partial charge in [0.2, 0.25) is 11.8 Å². The zero-order valence-corrected chi connectivity index (χ0v) is 14.7. The normalized spacial score (nSPS) is 20.8. The van der Waals surface area contributed by atoms with Gasteiger partial charge >= 0.3 is 0 Å². The number of aryl methyl sites for hydroxylation is 1. The number of hydrogen-bond acceptors (Lipinski definition) is 3. The molecule has 0 unspecified atom stereocenters. The fraction of sp³-hybridized carbons (Fsp3) is 0.238. The second-order valence-corrected chi connectivity index (χ2v) is 6.90. The van der Waals surface area contributed by atoms with Gasteiger partial charge in [-0.15, -0.1) is 0 Å². The number of aromatic nitrogens is 2. The Hall–Kier alpha value is -3.08. The summed E-state index contributed by atoms with van der Waals surface area (Å²) in [5, 5.41) is 4.74. The maximum Gasteiger partial charge on any atom is 0.234 e. The molecule has 0 spiro atoms. The van der Waals surface area contributed by atoms with E-state index in [0.29, 0.717) is 6.61 Å². The summed E-state index contributed by atoms with van der Waals surface area (Å²) in [4.78, 5) is 14.7. The molecule has 5 heteroatoms. The van der Waals surface area contributed by atoms with E-state index in [2.05, 4.69) is 6.07 Å². The number of benzene rings is 2. The molecule has 5 rings (SSSR count). The molecule has 0 N–H and O–H groups in total. The summed E-state index contributed by atoms with van der Waals surface area (Å²) < 4.78 is 7.94. The van der Waals surface area contributed by atoms with Crippen LogP contribution in [0.3, 0.4) is 0 Å². The lowest BCUT2D eigenvalue weighted by molar-refractivity contribution is -0.124. The minimum absolute atomic E-state index is 0.0175. The first-order chi connectivity index (χ1) is 12.7. The number of amides is 1. The summed E-state index contributed by atoms with van der Waals surface area (Å²) in [7, 11) is 1.84. The smallest absolute Gasteiger partial charge is 0.234 e. The van der Waals surface area contributed by atoms with Crippen LogP contribution >= 0.6 is 0 Å². The molecule has 0 radical (unpaired) electrons. The average molecular weight is 345 g/mol. The molecule has 0 saturated carbocycles. The van der Waals surface area contributed by atoms with Crippen LogP contribution in [0.2, 0.25) is 0 Å². The molecule has 0 bridgehead atoms. The van der Waals surface area contributed by atoms with Gasteiger partial charge in [0, 0.05) is 24.2 Å². The summed E-state index contributed by atoms with van der Waals surface area (Å²) in [6.45, 7) is 2.36. The maximum absolute atomic E-state index is 12.9. The van der Waals surface area contributed by atoms with Crippen LogP contribution in [-0.4, -0.2) is 29.3 Å². The van der Waals surface area contributed by atoms with Crippen molar-refractivity contribution in [1.29, 1.82) is 0 Å². The van der Waals surface area contributed by atoms with Gasteiger partial charge in [0.15, 0.2) is 0 Å². The Morgan fingerprint density at radius 3 is 2.62 bits per heavy atom. The van der Waals surface area contributed by atoms with Crippen LogP contribution in [0.4, 0.5) is 5.69 Å². The molecule has 1 aromatic heterocycles. The van der Waals surface area contributed by atoms with E-state index in [9.17, 15) is 4.79 Å². The van der Waals surface area contributed by atoms with Crippen molar-refractivity contribution < 1.29 is 9.53 Å². The molecule has 2 aliphatic heterocycles. The van der Waals surface area contributed by atoms with Crippen molar-refractivity contribution in [3.05, 3.63) is 71.4 Å². The Morgan fingerprint density at radius 1 is 1.08 bits per heavy atom. The molecular formula is C21H19N3O2. The first kappa shape index (κ1) is 15.2. The van der Waals surface area contributed by atoms with Crippen LogP contribution in [-0.2, 0) is 4.79 Å². The number of rotatable bonds is 1. The third-order valence-corrected chi connectivity index (χ3v) is 5.46. The van der Waals surface area contributed by atoms with Crippen LogP contribution in [0.5, 0.6) is 5.88 Å². The van der Waals surface area contributed by atoms with Gasteiger partial charge in [-0.05, 0) is 30.7 Å². The molecule has 3 heterocycles. The zero-order valence-electron chi connectivity index (χ0n) is 14.7. The van der Waals surface area contributed by atoms with Gasteiger partial charge in [-0.25, -0.2) is 4.68 Å². The van der Waals surface area contributed by atoms with Gasteiger partial charge in [-0.2, -0.15) is 5.10 Å². The van der Waals surface area contributed by atoms with Gasteiger partial charge in [-0.3, -0.25) is 4.79 Å². The topological polar surface area (TPSA) is 47.4 Å². The molecule has 3 aromatic rings. The Labute approximate surface area is 151 Å². The van der Waals surface area contributed by atoms with E-state index >= 15 is 0 Å². The Bertz CT molecular complexity index is 1010.